The molecule has 1 atom stereocenters. The molecule has 2 aromatic rings. The van der Waals surface area contributed by atoms with Crippen molar-refractivity contribution in [1.29, 1.82) is 0 Å². The maximum atomic E-state index is 12.6. The summed E-state index contributed by atoms with van der Waals surface area (Å²) in [6.45, 7) is 1.95. The minimum absolute atomic E-state index is 0.286. The van der Waals surface area contributed by atoms with E-state index in [2.05, 4.69) is 10.6 Å². The third-order valence-corrected chi connectivity index (χ3v) is 4.29. The molecular weight excluding hydrogens is 376 g/mol. The van der Waals surface area contributed by atoms with E-state index in [1.807, 2.05) is 24.3 Å². The lowest BCUT2D eigenvalue weighted by atomic mass is 10.1. The van der Waals surface area contributed by atoms with E-state index in [1.54, 1.807) is 14.0 Å². The molecule has 0 aliphatic carbocycles. The van der Waals surface area contributed by atoms with Crippen LogP contribution in [0.2, 0.25) is 0 Å². The number of benzene rings is 2. The summed E-state index contributed by atoms with van der Waals surface area (Å²) in [5, 5.41) is 5.46. The van der Waals surface area contributed by atoms with E-state index in [1.165, 1.54) is 33.5 Å². The Labute approximate surface area is 170 Å². The average molecular weight is 402 g/mol. The van der Waals surface area contributed by atoms with Crippen molar-refractivity contribution < 1.29 is 28.5 Å². The predicted octanol–water partition coefficient (Wildman–Crippen LogP) is 2.16. The van der Waals surface area contributed by atoms with Gasteiger partial charge in [-0.05, 0) is 36.8 Å². The maximum absolute atomic E-state index is 12.6. The Morgan fingerprint density at radius 3 is 1.97 bits per heavy atom. The van der Waals surface area contributed by atoms with Crippen LogP contribution in [-0.2, 0) is 11.3 Å². The van der Waals surface area contributed by atoms with Crippen molar-refractivity contribution in [3.05, 3.63) is 47.5 Å². The normalized spacial score (nSPS) is 11.2. The van der Waals surface area contributed by atoms with Crippen molar-refractivity contribution in [2.24, 2.45) is 0 Å². The summed E-state index contributed by atoms with van der Waals surface area (Å²) in [5.41, 5.74) is 1.21. The molecule has 2 rings (SSSR count). The first-order valence-electron chi connectivity index (χ1n) is 8.95. The molecule has 0 saturated heterocycles. The van der Waals surface area contributed by atoms with Gasteiger partial charge in [-0.15, -0.1) is 0 Å². The molecule has 0 aliphatic rings. The van der Waals surface area contributed by atoms with Gasteiger partial charge in [-0.1, -0.05) is 12.1 Å². The molecule has 0 fully saturated rings. The van der Waals surface area contributed by atoms with Crippen LogP contribution < -0.4 is 29.6 Å². The molecule has 0 unspecified atom stereocenters. The van der Waals surface area contributed by atoms with E-state index in [0.29, 0.717) is 23.8 Å². The lowest BCUT2D eigenvalue weighted by Gasteiger charge is -2.16. The summed E-state index contributed by atoms with van der Waals surface area (Å²) in [6, 6.07) is 9.67. The first-order chi connectivity index (χ1) is 13.9. The number of hydrogen-bond donors (Lipinski definition) is 2. The van der Waals surface area contributed by atoms with Crippen LogP contribution in [0.3, 0.4) is 0 Å². The van der Waals surface area contributed by atoms with Gasteiger partial charge in [-0.25, -0.2) is 0 Å². The van der Waals surface area contributed by atoms with Crippen molar-refractivity contribution in [3.8, 4) is 23.0 Å². The van der Waals surface area contributed by atoms with Gasteiger partial charge >= 0.3 is 0 Å². The topological polar surface area (TPSA) is 95.1 Å². The number of rotatable bonds is 9. The Morgan fingerprint density at radius 1 is 0.897 bits per heavy atom. The molecule has 0 spiro atoms. The second kappa shape index (κ2) is 10.2. The van der Waals surface area contributed by atoms with Gasteiger partial charge < -0.3 is 29.6 Å². The second-order valence-corrected chi connectivity index (χ2v) is 6.18. The second-order valence-electron chi connectivity index (χ2n) is 6.18. The van der Waals surface area contributed by atoms with Crippen LogP contribution in [0, 0.1) is 0 Å². The lowest BCUT2D eigenvalue weighted by molar-refractivity contribution is -0.122. The smallest absolute Gasteiger partial charge is 0.252 e. The predicted molar refractivity (Wildman–Crippen MR) is 108 cm³/mol. The van der Waals surface area contributed by atoms with Crippen LogP contribution >= 0.6 is 0 Å². The largest absolute Gasteiger partial charge is 0.497 e. The zero-order valence-electron chi connectivity index (χ0n) is 17.2. The zero-order valence-corrected chi connectivity index (χ0v) is 17.2. The molecule has 2 amide bonds. The minimum atomic E-state index is -0.736. The highest BCUT2D eigenvalue weighted by atomic mass is 16.5. The van der Waals surface area contributed by atoms with Gasteiger partial charge in [0.1, 0.15) is 11.8 Å². The minimum Gasteiger partial charge on any atom is -0.497 e. The maximum Gasteiger partial charge on any atom is 0.252 e. The molecule has 0 aromatic heterocycles. The summed E-state index contributed by atoms with van der Waals surface area (Å²) in [5.74, 6) is 1.10. The number of ether oxygens (including phenoxy) is 4. The first-order valence-corrected chi connectivity index (χ1v) is 8.95. The molecule has 29 heavy (non-hydrogen) atoms. The number of nitrogens with one attached hydrogen (secondary N) is 2. The van der Waals surface area contributed by atoms with Crippen molar-refractivity contribution >= 4 is 11.8 Å². The molecule has 0 heterocycles. The van der Waals surface area contributed by atoms with Gasteiger partial charge in [-0.3, -0.25) is 9.59 Å². The summed E-state index contributed by atoms with van der Waals surface area (Å²) in [6.07, 6.45) is 0. The summed E-state index contributed by atoms with van der Waals surface area (Å²) >= 11 is 0. The Hall–Kier alpha value is -3.42. The highest BCUT2D eigenvalue weighted by Gasteiger charge is 2.20. The fourth-order valence-electron chi connectivity index (χ4n) is 2.64. The highest BCUT2D eigenvalue weighted by Crippen LogP contribution is 2.38. The number of carbonyl (C=O) groups is 2. The average Bonchev–Trinajstić information content (AvgIpc) is 2.76. The Bertz CT molecular complexity index is 826. The number of methoxy groups -OCH3 is 4. The van der Waals surface area contributed by atoms with Crippen LogP contribution in [0.1, 0.15) is 22.8 Å². The summed E-state index contributed by atoms with van der Waals surface area (Å²) in [7, 11) is 6.01. The van der Waals surface area contributed by atoms with Crippen molar-refractivity contribution in [2.45, 2.75) is 19.5 Å². The molecule has 0 aliphatic heterocycles. The molecule has 2 aromatic carbocycles. The first kappa shape index (κ1) is 21.9. The van der Waals surface area contributed by atoms with E-state index in [-0.39, 0.29) is 11.5 Å². The van der Waals surface area contributed by atoms with E-state index in [9.17, 15) is 9.59 Å². The fraction of sp³-hybridized carbons (Fsp3) is 0.333. The molecule has 2 N–H and O–H groups in total. The Kier molecular flexibility index (Phi) is 7.70. The summed E-state index contributed by atoms with van der Waals surface area (Å²) in [4.78, 5) is 24.9. The Morgan fingerprint density at radius 2 is 1.48 bits per heavy atom. The van der Waals surface area contributed by atoms with Gasteiger partial charge in [0.15, 0.2) is 11.5 Å². The van der Waals surface area contributed by atoms with Gasteiger partial charge in [0.05, 0.1) is 28.4 Å². The molecular formula is C21H26N2O6. The monoisotopic (exact) mass is 402 g/mol. The number of carbonyl (C=O) groups excluding carboxylic acids is 2. The van der Waals surface area contributed by atoms with Crippen molar-refractivity contribution in [2.75, 3.05) is 28.4 Å². The third-order valence-electron chi connectivity index (χ3n) is 4.29. The van der Waals surface area contributed by atoms with Gasteiger partial charge in [0, 0.05) is 12.1 Å². The molecule has 8 heteroatoms. The van der Waals surface area contributed by atoms with Crippen molar-refractivity contribution in [3.63, 3.8) is 0 Å². The number of hydrogen-bond acceptors (Lipinski definition) is 6. The fourth-order valence-corrected chi connectivity index (χ4v) is 2.64. The van der Waals surface area contributed by atoms with E-state index in [4.69, 9.17) is 18.9 Å². The van der Waals surface area contributed by atoms with Crippen molar-refractivity contribution in [1.82, 2.24) is 10.6 Å². The van der Waals surface area contributed by atoms with Crippen LogP contribution in [0.15, 0.2) is 36.4 Å². The molecule has 0 radical (unpaired) electrons. The van der Waals surface area contributed by atoms with Crippen LogP contribution in [-0.4, -0.2) is 46.3 Å². The zero-order chi connectivity index (χ0) is 21.4. The van der Waals surface area contributed by atoms with Gasteiger partial charge in [0.25, 0.3) is 5.91 Å². The SMILES string of the molecule is COc1ccc(CNC(=O)[C@H](C)NC(=O)c2cc(OC)c(OC)c(OC)c2)cc1. The third kappa shape index (κ3) is 5.54. The van der Waals surface area contributed by atoms with Crippen LogP contribution in [0.5, 0.6) is 23.0 Å². The Balaban J connectivity index is 2.00. The lowest BCUT2D eigenvalue weighted by Crippen LogP contribution is -2.44. The van der Waals surface area contributed by atoms with E-state index in [0.717, 1.165) is 11.3 Å². The number of amides is 2. The summed E-state index contributed by atoms with van der Waals surface area (Å²) < 4.78 is 20.9. The molecule has 0 bridgehead atoms. The standard InChI is InChI=1S/C21H26N2O6/c1-13(20(24)22-12-14-6-8-16(26-2)9-7-14)23-21(25)15-10-17(27-3)19(29-5)18(11-15)28-4/h6-11,13H,12H2,1-5H3,(H,22,24)(H,23,25)/t13-/m0/s1. The van der Waals surface area contributed by atoms with E-state index >= 15 is 0 Å². The molecule has 0 saturated carbocycles. The van der Waals surface area contributed by atoms with Crippen LogP contribution in [0.4, 0.5) is 0 Å². The van der Waals surface area contributed by atoms with Gasteiger partial charge in [0.2, 0.25) is 11.7 Å². The molecule has 8 nitrogen and oxygen atoms in total. The van der Waals surface area contributed by atoms with E-state index < -0.39 is 11.9 Å². The molecule has 156 valence electrons. The van der Waals surface area contributed by atoms with Gasteiger partial charge in [-0.2, -0.15) is 0 Å². The highest BCUT2D eigenvalue weighted by molar-refractivity contribution is 5.98. The van der Waals surface area contributed by atoms with Crippen LogP contribution in [0.25, 0.3) is 0 Å². The quantitative estimate of drug-likeness (QED) is 0.667.